The average Bonchev–Trinajstić information content (AvgIpc) is 3.00. The predicted molar refractivity (Wildman–Crippen MR) is 103 cm³/mol. The van der Waals surface area contributed by atoms with Crippen molar-refractivity contribution in [3.05, 3.63) is 52.0 Å². The van der Waals surface area contributed by atoms with E-state index in [-0.39, 0.29) is 18.1 Å². The first-order chi connectivity index (χ1) is 13.2. The Balaban J connectivity index is 1.51. The second-order valence-electron chi connectivity index (χ2n) is 6.60. The maximum Gasteiger partial charge on any atom is 0.345 e. The van der Waals surface area contributed by atoms with Crippen molar-refractivity contribution in [3.63, 3.8) is 0 Å². The second kappa shape index (κ2) is 9.34. The molecule has 0 fully saturated rings. The van der Waals surface area contributed by atoms with Crippen LogP contribution in [0.2, 0.25) is 0 Å². The molecule has 0 bridgehead atoms. The summed E-state index contributed by atoms with van der Waals surface area (Å²) >= 11 is 0. The number of aromatic nitrogens is 3. The zero-order valence-electron chi connectivity index (χ0n) is 15.7. The van der Waals surface area contributed by atoms with Crippen LogP contribution in [0, 0.1) is 5.82 Å². The van der Waals surface area contributed by atoms with E-state index in [2.05, 4.69) is 20.7 Å². The lowest BCUT2D eigenvalue weighted by atomic mass is 10.2. The van der Waals surface area contributed by atoms with Crippen molar-refractivity contribution in [3.8, 4) is 0 Å². The molecule has 8 heteroatoms. The minimum atomic E-state index is -0.250. The molecule has 7 nitrogen and oxygen atoms in total. The standard InChI is InChI=1S/C19H27FN6O/c1-2-21-18(23-14-15-8-3-4-9-16(15)20)22-11-7-13-26-19(27)25-12-6-5-10-17(25)24-26/h3-4,8-9H,2,5-7,10-14H2,1H3,(H2,21,22,23). The molecule has 1 aromatic heterocycles. The van der Waals surface area contributed by atoms with Crippen molar-refractivity contribution in [1.82, 2.24) is 25.0 Å². The minimum absolute atomic E-state index is 0.00942. The van der Waals surface area contributed by atoms with Gasteiger partial charge in [-0.25, -0.2) is 18.9 Å². The molecule has 146 valence electrons. The van der Waals surface area contributed by atoms with E-state index in [1.165, 1.54) is 6.07 Å². The fraction of sp³-hybridized carbons (Fsp3) is 0.526. The molecule has 2 heterocycles. The van der Waals surface area contributed by atoms with Gasteiger partial charge in [-0.2, -0.15) is 5.10 Å². The van der Waals surface area contributed by atoms with Crippen molar-refractivity contribution in [2.24, 2.45) is 4.99 Å². The van der Waals surface area contributed by atoms with Gasteiger partial charge >= 0.3 is 5.69 Å². The van der Waals surface area contributed by atoms with Gasteiger partial charge in [0.2, 0.25) is 0 Å². The molecular weight excluding hydrogens is 347 g/mol. The Bertz CT molecular complexity index is 841. The highest BCUT2D eigenvalue weighted by atomic mass is 19.1. The molecule has 2 aromatic rings. The lowest BCUT2D eigenvalue weighted by molar-refractivity contribution is 0.509. The molecule has 0 amide bonds. The van der Waals surface area contributed by atoms with E-state index in [0.717, 1.165) is 44.6 Å². The molecule has 0 radical (unpaired) electrons. The van der Waals surface area contributed by atoms with Gasteiger partial charge in [0.15, 0.2) is 5.96 Å². The van der Waals surface area contributed by atoms with Crippen molar-refractivity contribution >= 4 is 5.96 Å². The summed E-state index contributed by atoms with van der Waals surface area (Å²) in [5.41, 5.74) is 0.551. The van der Waals surface area contributed by atoms with Gasteiger partial charge in [-0.05, 0) is 32.3 Å². The minimum Gasteiger partial charge on any atom is -0.357 e. The van der Waals surface area contributed by atoms with Gasteiger partial charge in [0.1, 0.15) is 11.6 Å². The molecule has 3 rings (SSSR count). The Morgan fingerprint density at radius 1 is 1.30 bits per heavy atom. The average molecular weight is 374 g/mol. The number of fused-ring (bicyclic) bond motifs is 1. The lowest BCUT2D eigenvalue weighted by Gasteiger charge is -2.11. The van der Waals surface area contributed by atoms with Crippen molar-refractivity contribution in [2.75, 3.05) is 13.1 Å². The normalized spacial score (nSPS) is 14.1. The van der Waals surface area contributed by atoms with E-state index in [1.54, 1.807) is 27.4 Å². The largest absolute Gasteiger partial charge is 0.357 e. The Hall–Kier alpha value is -2.64. The van der Waals surface area contributed by atoms with Gasteiger partial charge in [-0.1, -0.05) is 18.2 Å². The van der Waals surface area contributed by atoms with Crippen LogP contribution in [0.4, 0.5) is 4.39 Å². The first-order valence-electron chi connectivity index (χ1n) is 9.61. The number of nitrogens with one attached hydrogen (secondary N) is 2. The molecule has 0 saturated carbocycles. The summed E-state index contributed by atoms with van der Waals surface area (Å²) in [7, 11) is 0. The number of hydrogen-bond donors (Lipinski definition) is 2. The summed E-state index contributed by atoms with van der Waals surface area (Å²) in [6, 6.07) is 6.64. The number of benzene rings is 1. The molecule has 1 aromatic carbocycles. The zero-order chi connectivity index (χ0) is 19.1. The van der Waals surface area contributed by atoms with Crippen LogP contribution in [0.25, 0.3) is 0 Å². The molecule has 1 aliphatic rings. The van der Waals surface area contributed by atoms with Gasteiger partial charge in [-0.15, -0.1) is 0 Å². The van der Waals surface area contributed by atoms with E-state index < -0.39 is 0 Å². The quantitative estimate of drug-likeness (QED) is 0.439. The highest BCUT2D eigenvalue weighted by Gasteiger charge is 2.16. The number of hydrogen-bond acceptors (Lipinski definition) is 3. The van der Waals surface area contributed by atoms with E-state index in [9.17, 15) is 9.18 Å². The number of aryl methyl sites for hydroxylation is 2. The van der Waals surface area contributed by atoms with Crippen LogP contribution in [0.5, 0.6) is 0 Å². The van der Waals surface area contributed by atoms with E-state index in [0.29, 0.717) is 24.6 Å². The fourth-order valence-corrected chi connectivity index (χ4v) is 3.16. The Labute approximate surface area is 158 Å². The third kappa shape index (κ3) is 4.96. The van der Waals surface area contributed by atoms with E-state index in [1.807, 2.05) is 6.92 Å². The SMILES string of the molecule is CCNC(=NCc1ccccc1F)NCCCn1nc2n(c1=O)CCCC2. The maximum atomic E-state index is 13.7. The fourth-order valence-electron chi connectivity index (χ4n) is 3.16. The van der Waals surface area contributed by atoms with Gasteiger partial charge in [0, 0.05) is 38.2 Å². The molecule has 0 aliphatic carbocycles. The number of aliphatic imine (C=N–C) groups is 1. The van der Waals surface area contributed by atoms with Gasteiger partial charge < -0.3 is 10.6 Å². The molecule has 27 heavy (non-hydrogen) atoms. The third-order valence-electron chi connectivity index (χ3n) is 4.58. The Kier molecular flexibility index (Phi) is 6.62. The van der Waals surface area contributed by atoms with Crippen LogP contribution in [-0.2, 0) is 26.1 Å². The topological polar surface area (TPSA) is 76.2 Å². The summed E-state index contributed by atoms with van der Waals surface area (Å²) in [5.74, 6) is 1.29. The summed E-state index contributed by atoms with van der Waals surface area (Å²) < 4.78 is 17.1. The maximum absolute atomic E-state index is 13.7. The number of rotatable bonds is 7. The predicted octanol–water partition coefficient (Wildman–Crippen LogP) is 1.67. The lowest BCUT2D eigenvalue weighted by Crippen LogP contribution is -2.38. The smallest absolute Gasteiger partial charge is 0.345 e. The van der Waals surface area contributed by atoms with Gasteiger partial charge in [0.05, 0.1) is 6.54 Å². The summed E-state index contributed by atoms with van der Waals surface area (Å²) in [5, 5.41) is 10.8. The molecular formula is C19H27FN6O. The molecule has 0 unspecified atom stereocenters. The van der Waals surface area contributed by atoms with E-state index in [4.69, 9.17) is 0 Å². The van der Waals surface area contributed by atoms with Gasteiger partial charge in [0.25, 0.3) is 0 Å². The molecule has 0 saturated heterocycles. The van der Waals surface area contributed by atoms with Crippen LogP contribution in [-0.4, -0.2) is 33.4 Å². The first-order valence-corrected chi connectivity index (χ1v) is 9.61. The summed E-state index contributed by atoms with van der Waals surface area (Å²) in [4.78, 5) is 16.7. The molecule has 1 aliphatic heterocycles. The van der Waals surface area contributed by atoms with Crippen LogP contribution >= 0.6 is 0 Å². The van der Waals surface area contributed by atoms with Crippen LogP contribution in [0.1, 0.15) is 37.6 Å². The van der Waals surface area contributed by atoms with Crippen LogP contribution in [0.3, 0.4) is 0 Å². The monoisotopic (exact) mass is 374 g/mol. The molecule has 2 N–H and O–H groups in total. The van der Waals surface area contributed by atoms with Crippen molar-refractivity contribution in [2.45, 2.75) is 52.2 Å². The van der Waals surface area contributed by atoms with Crippen molar-refractivity contribution in [1.29, 1.82) is 0 Å². The van der Waals surface area contributed by atoms with Crippen LogP contribution in [0.15, 0.2) is 34.1 Å². The summed E-state index contributed by atoms with van der Waals surface area (Å²) in [6.45, 7) is 4.97. The molecule has 0 atom stereocenters. The van der Waals surface area contributed by atoms with Crippen molar-refractivity contribution < 1.29 is 4.39 Å². The second-order valence-corrected chi connectivity index (χ2v) is 6.60. The third-order valence-corrected chi connectivity index (χ3v) is 4.58. The highest BCUT2D eigenvalue weighted by Crippen LogP contribution is 2.09. The van der Waals surface area contributed by atoms with E-state index >= 15 is 0 Å². The number of nitrogens with zero attached hydrogens (tertiary/aromatic N) is 4. The number of guanidine groups is 1. The zero-order valence-corrected chi connectivity index (χ0v) is 15.7. The summed E-state index contributed by atoms with van der Waals surface area (Å²) in [6.07, 6.45) is 3.78. The highest BCUT2D eigenvalue weighted by molar-refractivity contribution is 5.79. The number of halogens is 1. The Morgan fingerprint density at radius 2 is 2.15 bits per heavy atom. The first kappa shape index (κ1) is 19.1. The Morgan fingerprint density at radius 3 is 2.93 bits per heavy atom. The molecule has 0 spiro atoms. The van der Waals surface area contributed by atoms with Crippen LogP contribution < -0.4 is 16.3 Å². The van der Waals surface area contributed by atoms with Gasteiger partial charge in [-0.3, -0.25) is 4.57 Å².